The van der Waals surface area contributed by atoms with Gasteiger partial charge in [0.05, 0.1) is 10.9 Å². The maximum atomic E-state index is 12.0. The molecule has 1 aromatic carbocycles. The molecule has 0 radical (unpaired) electrons. The smallest absolute Gasteiger partial charge is 0.235 e. The van der Waals surface area contributed by atoms with E-state index in [4.69, 9.17) is 0 Å². The minimum absolute atomic E-state index is 0.0928. The van der Waals surface area contributed by atoms with Crippen LogP contribution in [-0.2, 0) is 4.79 Å². The minimum atomic E-state index is -0.160. The summed E-state index contributed by atoms with van der Waals surface area (Å²) in [5, 5.41) is 0.677. The number of aryl methyl sites for hydroxylation is 2. The molecular weight excluding hydrogens is 282 g/mol. The molecule has 0 spiro atoms. The van der Waals surface area contributed by atoms with Crippen molar-refractivity contribution >= 4 is 17.7 Å². The van der Waals surface area contributed by atoms with Crippen LogP contribution in [0.4, 0.5) is 0 Å². The van der Waals surface area contributed by atoms with Gasteiger partial charge in [-0.25, -0.2) is 4.98 Å². The summed E-state index contributed by atoms with van der Waals surface area (Å²) in [6.07, 6.45) is 3.71. The van der Waals surface area contributed by atoms with E-state index in [0.717, 1.165) is 10.8 Å². The number of rotatable bonds is 4. The lowest BCUT2D eigenvalue weighted by Crippen LogP contribution is -2.29. The summed E-state index contributed by atoms with van der Waals surface area (Å²) in [7, 11) is 3.55. The van der Waals surface area contributed by atoms with Crippen molar-refractivity contribution in [2.75, 3.05) is 14.1 Å². The summed E-state index contributed by atoms with van der Waals surface area (Å²) >= 11 is 1.48. The van der Waals surface area contributed by atoms with Crippen molar-refractivity contribution in [1.82, 2.24) is 14.5 Å². The van der Waals surface area contributed by atoms with Crippen LogP contribution >= 0.6 is 11.8 Å². The number of carbonyl (C=O) groups excluding carboxylic acids is 1. The summed E-state index contributed by atoms with van der Waals surface area (Å²) in [5.41, 5.74) is 3.54. The van der Waals surface area contributed by atoms with Crippen molar-refractivity contribution in [3.8, 4) is 5.69 Å². The fraction of sp³-hybridized carbons (Fsp3) is 0.375. The van der Waals surface area contributed by atoms with Gasteiger partial charge in [0, 0.05) is 26.5 Å². The SMILES string of the molecule is Cc1ccc(-n2ccnc2S[C@@H](C)C(=O)N(C)C)c(C)c1. The normalized spacial score (nSPS) is 12.2. The van der Waals surface area contributed by atoms with Gasteiger partial charge in [-0.2, -0.15) is 0 Å². The van der Waals surface area contributed by atoms with Crippen molar-refractivity contribution in [2.45, 2.75) is 31.2 Å². The van der Waals surface area contributed by atoms with Gasteiger partial charge in [-0.3, -0.25) is 9.36 Å². The topological polar surface area (TPSA) is 38.1 Å². The van der Waals surface area contributed by atoms with Gasteiger partial charge in [0.15, 0.2) is 5.16 Å². The molecular formula is C16H21N3OS. The van der Waals surface area contributed by atoms with Crippen LogP contribution in [0.25, 0.3) is 5.69 Å². The highest BCUT2D eigenvalue weighted by molar-refractivity contribution is 8.00. The first kappa shape index (κ1) is 15.6. The number of aromatic nitrogens is 2. The number of hydrogen-bond donors (Lipinski definition) is 0. The first-order valence-corrected chi connectivity index (χ1v) is 7.77. The number of carbonyl (C=O) groups is 1. The van der Waals surface area contributed by atoms with Crippen molar-refractivity contribution < 1.29 is 4.79 Å². The van der Waals surface area contributed by atoms with E-state index in [0.29, 0.717) is 0 Å². The number of thioether (sulfide) groups is 1. The quantitative estimate of drug-likeness (QED) is 0.815. The van der Waals surface area contributed by atoms with E-state index in [1.165, 1.54) is 22.9 Å². The van der Waals surface area contributed by atoms with E-state index in [1.807, 2.05) is 17.7 Å². The Morgan fingerprint density at radius 1 is 1.33 bits per heavy atom. The molecule has 0 saturated heterocycles. The molecule has 5 heteroatoms. The van der Waals surface area contributed by atoms with Crippen LogP contribution in [-0.4, -0.2) is 39.7 Å². The van der Waals surface area contributed by atoms with E-state index in [-0.39, 0.29) is 11.2 Å². The maximum absolute atomic E-state index is 12.0. The molecule has 2 aromatic rings. The van der Waals surface area contributed by atoms with E-state index < -0.39 is 0 Å². The van der Waals surface area contributed by atoms with E-state index in [2.05, 4.69) is 37.0 Å². The molecule has 0 aliphatic rings. The third-order valence-corrected chi connectivity index (χ3v) is 4.36. The predicted molar refractivity (Wildman–Crippen MR) is 87.1 cm³/mol. The molecule has 0 unspecified atom stereocenters. The van der Waals surface area contributed by atoms with Crippen LogP contribution in [0, 0.1) is 13.8 Å². The van der Waals surface area contributed by atoms with Gasteiger partial charge in [-0.15, -0.1) is 0 Å². The Morgan fingerprint density at radius 3 is 2.67 bits per heavy atom. The zero-order valence-electron chi connectivity index (χ0n) is 13.1. The zero-order chi connectivity index (χ0) is 15.6. The molecule has 21 heavy (non-hydrogen) atoms. The predicted octanol–water partition coefficient (Wildman–Crippen LogP) is 3.06. The summed E-state index contributed by atoms with van der Waals surface area (Å²) in [4.78, 5) is 18.0. The lowest BCUT2D eigenvalue weighted by molar-refractivity contribution is -0.127. The van der Waals surface area contributed by atoms with Crippen molar-refractivity contribution in [3.63, 3.8) is 0 Å². The molecule has 1 aromatic heterocycles. The summed E-state index contributed by atoms with van der Waals surface area (Å²) in [6.45, 7) is 6.08. The van der Waals surface area contributed by atoms with Crippen LogP contribution < -0.4 is 0 Å². The zero-order valence-corrected chi connectivity index (χ0v) is 13.9. The molecule has 2 rings (SSSR count). The summed E-state index contributed by atoms with van der Waals surface area (Å²) in [5.74, 6) is 0.0928. The Morgan fingerprint density at radius 2 is 2.05 bits per heavy atom. The average molecular weight is 303 g/mol. The molecule has 1 amide bonds. The second kappa shape index (κ2) is 6.35. The molecule has 1 atom stereocenters. The van der Waals surface area contributed by atoms with Crippen molar-refractivity contribution in [1.29, 1.82) is 0 Å². The highest BCUT2D eigenvalue weighted by Gasteiger charge is 2.19. The third kappa shape index (κ3) is 3.47. The van der Waals surface area contributed by atoms with Gasteiger partial charge in [0.2, 0.25) is 5.91 Å². The number of benzene rings is 1. The van der Waals surface area contributed by atoms with Crippen LogP contribution in [0.1, 0.15) is 18.1 Å². The summed E-state index contributed by atoms with van der Waals surface area (Å²) < 4.78 is 2.04. The van der Waals surface area contributed by atoms with Crippen molar-refractivity contribution in [3.05, 3.63) is 41.7 Å². The third-order valence-electron chi connectivity index (χ3n) is 3.29. The van der Waals surface area contributed by atoms with Gasteiger partial charge in [0.1, 0.15) is 0 Å². The number of imidazole rings is 1. The molecule has 1 heterocycles. The molecule has 0 fully saturated rings. The van der Waals surface area contributed by atoms with E-state index in [1.54, 1.807) is 25.2 Å². The fourth-order valence-electron chi connectivity index (χ4n) is 2.21. The summed E-state index contributed by atoms with van der Waals surface area (Å²) in [6, 6.07) is 6.33. The molecule has 0 bridgehead atoms. The molecule has 0 N–H and O–H groups in total. The minimum Gasteiger partial charge on any atom is -0.348 e. The molecule has 112 valence electrons. The van der Waals surface area contributed by atoms with Gasteiger partial charge in [-0.1, -0.05) is 29.5 Å². The van der Waals surface area contributed by atoms with E-state index in [9.17, 15) is 4.79 Å². The monoisotopic (exact) mass is 303 g/mol. The second-order valence-corrected chi connectivity index (χ2v) is 6.67. The average Bonchev–Trinajstić information content (AvgIpc) is 2.85. The Hall–Kier alpha value is -1.75. The van der Waals surface area contributed by atoms with Crippen LogP contribution in [0.5, 0.6) is 0 Å². The largest absolute Gasteiger partial charge is 0.348 e. The molecule has 0 aliphatic heterocycles. The molecule has 0 aliphatic carbocycles. The standard InChI is InChI=1S/C16H21N3OS/c1-11-6-7-14(12(2)10-11)19-9-8-17-16(19)21-13(3)15(20)18(4)5/h6-10,13H,1-5H3/t13-/m0/s1. The molecule has 0 saturated carbocycles. The molecule has 4 nitrogen and oxygen atoms in total. The van der Waals surface area contributed by atoms with Gasteiger partial charge < -0.3 is 4.90 Å². The first-order chi connectivity index (χ1) is 9.90. The van der Waals surface area contributed by atoms with Crippen LogP contribution in [0.3, 0.4) is 0 Å². The van der Waals surface area contributed by atoms with Gasteiger partial charge in [0.25, 0.3) is 0 Å². The Labute approximate surface area is 130 Å². The van der Waals surface area contributed by atoms with E-state index >= 15 is 0 Å². The lowest BCUT2D eigenvalue weighted by Gasteiger charge is -2.17. The number of hydrogen-bond acceptors (Lipinski definition) is 3. The Bertz CT molecular complexity index is 649. The first-order valence-electron chi connectivity index (χ1n) is 6.89. The van der Waals surface area contributed by atoms with Crippen LogP contribution in [0.2, 0.25) is 0 Å². The fourth-order valence-corrected chi connectivity index (χ4v) is 3.23. The Kier molecular flexibility index (Phi) is 4.73. The second-order valence-electron chi connectivity index (χ2n) is 5.36. The van der Waals surface area contributed by atoms with Crippen molar-refractivity contribution in [2.24, 2.45) is 0 Å². The van der Waals surface area contributed by atoms with Gasteiger partial charge in [-0.05, 0) is 32.4 Å². The maximum Gasteiger partial charge on any atom is 0.235 e. The van der Waals surface area contributed by atoms with Gasteiger partial charge >= 0.3 is 0 Å². The Balaban J connectivity index is 2.29. The lowest BCUT2D eigenvalue weighted by atomic mass is 10.1. The van der Waals surface area contributed by atoms with Crippen LogP contribution in [0.15, 0.2) is 35.7 Å². The number of amides is 1. The highest BCUT2D eigenvalue weighted by atomic mass is 32.2. The number of nitrogens with zero attached hydrogens (tertiary/aromatic N) is 3. The highest BCUT2D eigenvalue weighted by Crippen LogP contribution is 2.27.